The predicted octanol–water partition coefficient (Wildman–Crippen LogP) is 2.58. The summed E-state index contributed by atoms with van der Waals surface area (Å²) in [4.78, 5) is 39.7. The van der Waals surface area contributed by atoms with Crippen LogP contribution in [0.5, 0.6) is 0 Å². The molecule has 166 valence electrons. The fraction of sp³-hybridized carbons (Fsp3) is 0.727. The number of anilines is 1. The zero-order chi connectivity index (χ0) is 22.2. The molecule has 2 fully saturated rings. The number of nitrogens with one attached hydrogen (secondary N) is 1. The topological polar surface area (TPSA) is 93.5 Å². The van der Waals surface area contributed by atoms with Gasteiger partial charge in [0.15, 0.2) is 6.10 Å². The molecule has 1 aliphatic heterocycles. The van der Waals surface area contributed by atoms with Gasteiger partial charge in [-0.25, -0.2) is 0 Å². The van der Waals surface area contributed by atoms with Gasteiger partial charge in [0, 0.05) is 26.1 Å². The van der Waals surface area contributed by atoms with Gasteiger partial charge >= 0.3 is 5.97 Å². The summed E-state index contributed by atoms with van der Waals surface area (Å²) < 4.78 is 7.12. The van der Waals surface area contributed by atoms with Crippen LogP contribution < -0.4 is 5.32 Å². The van der Waals surface area contributed by atoms with Gasteiger partial charge in [-0.05, 0) is 39.0 Å². The SMILES string of the molecule is Cc1nn(C)c(C)c1NC(=O)[C@@H](C)OC(=O)[C@@H]1CC(=O)N([C@@H]2CCC[C@H](C)[C@@H]2C)C1. The Morgan fingerprint density at radius 2 is 1.93 bits per heavy atom. The molecule has 2 aliphatic rings. The maximum Gasteiger partial charge on any atom is 0.312 e. The fourth-order valence-corrected chi connectivity index (χ4v) is 4.71. The van der Waals surface area contributed by atoms with Crippen LogP contribution in [0.15, 0.2) is 0 Å². The summed E-state index contributed by atoms with van der Waals surface area (Å²) in [6.07, 6.45) is 2.50. The van der Waals surface area contributed by atoms with E-state index in [2.05, 4.69) is 24.3 Å². The smallest absolute Gasteiger partial charge is 0.312 e. The highest BCUT2D eigenvalue weighted by atomic mass is 16.5. The minimum Gasteiger partial charge on any atom is -0.452 e. The highest BCUT2D eigenvalue weighted by Crippen LogP contribution is 2.36. The third-order valence-corrected chi connectivity index (χ3v) is 6.98. The third kappa shape index (κ3) is 4.37. The highest BCUT2D eigenvalue weighted by Gasteiger charge is 2.42. The molecule has 1 aromatic rings. The Labute approximate surface area is 178 Å². The number of hydrogen-bond donors (Lipinski definition) is 1. The Bertz CT molecular complexity index is 833. The second-order valence-corrected chi connectivity index (χ2v) is 9.02. The van der Waals surface area contributed by atoms with E-state index >= 15 is 0 Å². The van der Waals surface area contributed by atoms with Crippen LogP contribution in [0.1, 0.15) is 57.8 Å². The molecule has 1 saturated carbocycles. The van der Waals surface area contributed by atoms with Crippen molar-refractivity contribution in [1.29, 1.82) is 0 Å². The van der Waals surface area contributed by atoms with E-state index in [-0.39, 0.29) is 18.4 Å². The molecule has 30 heavy (non-hydrogen) atoms. The van der Waals surface area contributed by atoms with Crippen molar-refractivity contribution in [2.24, 2.45) is 24.8 Å². The summed E-state index contributed by atoms with van der Waals surface area (Å²) in [5.74, 6) is -0.387. The average Bonchev–Trinajstić information content (AvgIpc) is 3.18. The number of aryl methyl sites for hydroxylation is 2. The number of rotatable bonds is 5. The monoisotopic (exact) mass is 418 g/mol. The minimum absolute atomic E-state index is 0.0154. The fourth-order valence-electron chi connectivity index (χ4n) is 4.71. The molecule has 8 heteroatoms. The van der Waals surface area contributed by atoms with Crippen molar-refractivity contribution in [2.45, 2.75) is 72.4 Å². The first kappa shape index (κ1) is 22.3. The molecule has 5 atom stereocenters. The number of aromatic nitrogens is 2. The van der Waals surface area contributed by atoms with Crippen LogP contribution in [-0.2, 0) is 26.2 Å². The number of esters is 1. The van der Waals surface area contributed by atoms with E-state index in [1.54, 1.807) is 18.7 Å². The van der Waals surface area contributed by atoms with Crippen LogP contribution >= 0.6 is 0 Å². The molecule has 0 radical (unpaired) electrons. The normalized spacial score (nSPS) is 27.8. The molecule has 1 N–H and O–H groups in total. The van der Waals surface area contributed by atoms with Crippen LogP contribution in [0.3, 0.4) is 0 Å². The first-order valence-electron chi connectivity index (χ1n) is 10.9. The number of hydrogen-bond acceptors (Lipinski definition) is 5. The lowest BCUT2D eigenvalue weighted by atomic mass is 9.77. The van der Waals surface area contributed by atoms with Gasteiger partial charge in [0.1, 0.15) is 0 Å². The van der Waals surface area contributed by atoms with Crippen molar-refractivity contribution in [1.82, 2.24) is 14.7 Å². The van der Waals surface area contributed by atoms with E-state index in [0.717, 1.165) is 18.5 Å². The summed E-state index contributed by atoms with van der Waals surface area (Å²) in [6, 6.07) is 0.191. The van der Waals surface area contributed by atoms with Gasteiger partial charge in [0.25, 0.3) is 5.91 Å². The lowest BCUT2D eigenvalue weighted by molar-refractivity contribution is -0.157. The molecule has 0 aromatic carbocycles. The number of carbonyl (C=O) groups is 3. The van der Waals surface area contributed by atoms with Crippen LogP contribution in [0.2, 0.25) is 0 Å². The van der Waals surface area contributed by atoms with E-state index in [0.29, 0.717) is 29.8 Å². The van der Waals surface area contributed by atoms with Crippen molar-refractivity contribution in [2.75, 3.05) is 11.9 Å². The quantitative estimate of drug-likeness (QED) is 0.742. The Morgan fingerprint density at radius 3 is 2.57 bits per heavy atom. The summed E-state index contributed by atoms with van der Waals surface area (Å²) in [6.45, 7) is 10.0. The number of ether oxygens (including phenoxy) is 1. The lowest BCUT2D eigenvalue weighted by Crippen LogP contribution is -2.45. The van der Waals surface area contributed by atoms with Crippen molar-refractivity contribution < 1.29 is 19.1 Å². The number of carbonyl (C=O) groups excluding carboxylic acids is 3. The third-order valence-electron chi connectivity index (χ3n) is 6.98. The van der Waals surface area contributed by atoms with Crippen molar-refractivity contribution in [3.63, 3.8) is 0 Å². The first-order valence-corrected chi connectivity index (χ1v) is 10.9. The Morgan fingerprint density at radius 1 is 1.23 bits per heavy atom. The van der Waals surface area contributed by atoms with Crippen LogP contribution in [0.4, 0.5) is 5.69 Å². The first-order chi connectivity index (χ1) is 14.1. The molecule has 3 rings (SSSR count). The van der Waals surface area contributed by atoms with E-state index < -0.39 is 23.9 Å². The summed E-state index contributed by atoms with van der Waals surface area (Å²) in [5, 5.41) is 7.07. The summed E-state index contributed by atoms with van der Waals surface area (Å²) >= 11 is 0. The van der Waals surface area contributed by atoms with Gasteiger partial charge < -0.3 is 15.0 Å². The highest BCUT2D eigenvalue weighted by molar-refractivity contribution is 5.96. The molecular weight excluding hydrogens is 384 g/mol. The van der Waals surface area contributed by atoms with Gasteiger partial charge in [-0.1, -0.05) is 26.7 Å². The van der Waals surface area contributed by atoms with Crippen molar-refractivity contribution in [3.05, 3.63) is 11.4 Å². The maximum absolute atomic E-state index is 12.7. The summed E-state index contributed by atoms with van der Waals surface area (Å²) in [5.41, 5.74) is 2.16. The van der Waals surface area contributed by atoms with E-state index in [1.165, 1.54) is 6.42 Å². The Balaban J connectivity index is 1.58. The van der Waals surface area contributed by atoms with Gasteiger partial charge in [0.2, 0.25) is 5.91 Å². The second-order valence-electron chi connectivity index (χ2n) is 9.02. The van der Waals surface area contributed by atoms with Crippen LogP contribution in [0, 0.1) is 31.6 Å². The van der Waals surface area contributed by atoms with Gasteiger partial charge in [-0.3, -0.25) is 19.1 Å². The summed E-state index contributed by atoms with van der Waals surface area (Å²) in [7, 11) is 1.80. The van der Waals surface area contributed by atoms with E-state index in [1.807, 2.05) is 18.7 Å². The zero-order valence-corrected chi connectivity index (χ0v) is 18.9. The molecule has 1 saturated heterocycles. The number of amides is 2. The van der Waals surface area contributed by atoms with Crippen LogP contribution in [0.25, 0.3) is 0 Å². The van der Waals surface area contributed by atoms with E-state index in [9.17, 15) is 14.4 Å². The van der Waals surface area contributed by atoms with Crippen molar-refractivity contribution >= 4 is 23.5 Å². The molecule has 1 aliphatic carbocycles. The molecule has 0 unspecified atom stereocenters. The van der Waals surface area contributed by atoms with Gasteiger partial charge in [0.05, 0.1) is 23.0 Å². The number of nitrogens with zero attached hydrogens (tertiary/aromatic N) is 3. The van der Waals surface area contributed by atoms with Crippen LogP contribution in [-0.4, -0.2) is 51.2 Å². The predicted molar refractivity (Wildman–Crippen MR) is 113 cm³/mol. The molecule has 2 heterocycles. The number of likely N-dealkylation sites (tertiary alicyclic amines) is 1. The maximum atomic E-state index is 12.7. The van der Waals surface area contributed by atoms with E-state index in [4.69, 9.17) is 4.74 Å². The van der Waals surface area contributed by atoms with Crippen molar-refractivity contribution in [3.8, 4) is 0 Å². The Hall–Kier alpha value is -2.38. The minimum atomic E-state index is -0.950. The lowest BCUT2D eigenvalue weighted by Gasteiger charge is -2.39. The molecule has 0 bridgehead atoms. The second kappa shape index (κ2) is 8.78. The molecule has 8 nitrogen and oxygen atoms in total. The van der Waals surface area contributed by atoms with Gasteiger partial charge in [-0.2, -0.15) is 5.10 Å². The molecular formula is C22H34N4O4. The van der Waals surface area contributed by atoms with Gasteiger partial charge in [-0.15, -0.1) is 0 Å². The molecule has 0 spiro atoms. The molecule has 2 amide bonds. The standard InChI is InChI=1S/C22H34N4O4/c1-12-8-7-9-18(13(12)2)26-11-17(10-19(26)27)22(29)30-16(5)21(28)23-20-14(3)24-25(6)15(20)4/h12-13,16-18H,7-11H2,1-6H3,(H,23,28)/t12-,13-,16+,17+,18+/m0/s1. The zero-order valence-electron chi connectivity index (χ0n) is 18.9. The Kier molecular flexibility index (Phi) is 6.53. The average molecular weight is 419 g/mol. The molecule has 1 aromatic heterocycles. The largest absolute Gasteiger partial charge is 0.452 e.